The smallest absolute Gasteiger partial charge is 0.253 e. The number of carbonyl (C=O) groups is 1. The largest absolute Gasteiger partial charge is 0.489 e. The van der Waals surface area contributed by atoms with Crippen molar-refractivity contribution in [3.8, 4) is 28.3 Å². The predicted molar refractivity (Wildman–Crippen MR) is 151 cm³/mol. The molecule has 0 unspecified atom stereocenters. The maximum Gasteiger partial charge on any atom is 0.253 e. The zero-order valence-electron chi connectivity index (χ0n) is 21.4. The molecule has 3 heterocycles. The maximum absolute atomic E-state index is 12.6. The molecule has 5 aromatic rings. The van der Waals surface area contributed by atoms with Crippen LogP contribution in [0.25, 0.3) is 22.5 Å². The quantitative estimate of drug-likeness (QED) is 0.259. The van der Waals surface area contributed by atoms with Crippen molar-refractivity contribution in [2.75, 3.05) is 18.4 Å². The molecule has 2 aromatic heterocycles. The third-order valence-corrected chi connectivity index (χ3v) is 6.72. The van der Waals surface area contributed by atoms with E-state index < -0.39 is 0 Å². The summed E-state index contributed by atoms with van der Waals surface area (Å²) in [6.45, 7) is 2.16. The van der Waals surface area contributed by atoms with Crippen LogP contribution in [0.4, 0.5) is 11.6 Å². The number of nitrogens with one attached hydrogen (secondary N) is 2. The first-order chi connectivity index (χ1) is 19.2. The molecule has 0 atom stereocenters. The highest BCUT2D eigenvalue weighted by atomic mass is 16.5. The summed E-state index contributed by atoms with van der Waals surface area (Å²) >= 11 is 0. The summed E-state index contributed by atoms with van der Waals surface area (Å²) in [5, 5.41) is 10.6. The Balaban J connectivity index is 1.17. The fourth-order valence-electron chi connectivity index (χ4n) is 4.68. The average Bonchev–Trinajstić information content (AvgIpc) is 3.70. The standard InChI is InChI=1S/C31H28N6O2/c38-30(37-17-4-5-18-37)23-11-13-25(14-12-23)34-31-32-16-15-28(35-31)27-20-33-36-29(27)24-9-6-10-26(19-24)39-21-22-7-2-1-3-8-22/h1-3,6-16,19-20H,4-5,17-18,21H2,(H,33,36)(H,32,34,35). The number of amides is 1. The lowest BCUT2D eigenvalue weighted by Crippen LogP contribution is -2.27. The summed E-state index contributed by atoms with van der Waals surface area (Å²) in [5.41, 5.74) is 5.98. The van der Waals surface area contributed by atoms with Crippen LogP contribution in [-0.4, -0.2) is 44.1 Å². The second-order valence-electron chi connectivity index (χ2n) is 9.43. The molecule has 1 saturated heterocycles. The number of nitrogens with zero attached hydrogens (tertiary/aromatic N) is 4. The fourth-order valence-corrected chi connectivity index (χ4v) is 4.68. The third-order valence-electron chi connectivity index (χ3n) is 6.72. The van der Waals surface area contributed by atoms with Crippen LogP contribution in [-0.2, 0) is 6.61 Å². The van der Waals surface area contributed by atoms with Gasteiger partial charge in [0.05, 0.1) is 17.6 Å². The minimum atomic E-state index is 0.0827. The van der Waals surface area contributed by atoms with Crippen LogP contribution in [0.15, 0.2) is 97.3 Å². The van der Waals surface area contributed by atoms with Crippen LogP contribution in [0.3, 0.4) is 0 Å². The Kier molecular flexibility index (Phi) is 6.99. The van der Waals surface area contributed by atoms with E-state index in [1.807, 2.05) is 89.8 Å². The van der Waals surface area contributed by atoms with Crippen LogP contribution in [0.1, 0.15) is 28.8 Å². The summed E-state index contributed by atoms with van der Waals surface area (Å²) in [6.07, 6.45) is 5.62. The van der Waals surface area contributed by atoms with Gasteiger partial charge >= 0.3 is 0 Å². The molecule has 0 radical (unpaired) electrons. The molecule has 1 aliphatic heterocycles. The number of benzene rings is 3. The summed E-state index contributed by atoms with van der Waals surface area (Å²) in [4.78, 5) is 23.6. The van der Waals surface area contributed by atoms with Gasteiger partial charge in [-0.05, 0) is 60.9 Å². The van der Waals surface area contributed by atoms with Crippen LogP contribution < -0.4 is 10.1 Å². The Morgan fingerprint density at radius 1 is 0.949 bits per heavy atom. The van der Waals surface area contributed by atoms with Crippen LogP contribution in [0.5, 0.6) is 5.75 Å². The van der Waals surface area contributed by atoms with Crippen LogP contribution in [0.2, 0.25) is 0 Å². The minimum absolute atomic E-state index is 0.0827. The van der Waals surface area contributed by atoms with Crippen molar-refractivity contribution >= 4 is 17.5 Å². The highest BCUT2D eigenvalue weighted by molar-refractivity contribution is 5.94. The second kappa shape index (κ2) is 11.2. The maximum atomic E-state index is 12.6. The molecule has 0 aliphatic carbocycles. The molecule has 1 amide bonds. The first-order valence-electron chi connectivity index (χ1n) is 13.0. The van der Waals surface area contributed by atoms with Crippen LogP contribution >= 0.6 is 0 Å². The molecule has 8 nitrogen and oxygen atoms in total. The SMILES string of the molecule is O=C(c1ccc(Nc2nccc(-c3cn[nH]c3-c3cccc(OCc4ccccc4)c3)n2)cc1)N1CCCC1. The van der Waals surface area contributed by atoms with Gasteiger partial charge in [0.25, 0.3) is 5.91 Å². The van der Waals surface area contributed by atoms with Gasteiger partial charge in [-0.15, -0.1) is 0 Å². The molecule has 1 aliphatic rings. The summed E-state index contributed by atoms with van der Waals surface area (Å²) < 4.78 is 6.02. The van der Waals surface area contributed by atoms with Gasteiger partial charge in [-0.3, -0.25) is 9.89 Å². The molecule has 0 bridgehead atoms. The molecule has 1 fully saturated rings. The topological polar surface area (TPSA) is 96.0 Å². The number of likely N-dealkylation sites (tertiary alicyclic amines) is 1. The normalized spacial score (nSPS) is 12.9. The molecule has 2 N–H and O–H groups in total. The first kappa shape index (κ1) is 24.4. The number of rotatable bonds is 8. The zero-order chi connectivity index (χ0) is 26.4. The molecule has 0 saturated carbocycles. The number of aromatic amines is 1. The Labute approximate surface area is 226 Å². The lowest BCUT2D eigenvalue weighted by Gasteiger charge is -2.15. The fraction of sp³-hybridized carbons (Fsp3) is 0.161. The van der Waals surface area contributed by atoms with Gasteiger partial charge < -0.3 is 15.0 Å². The van der Waals surface area contributed by atoms with E-state index in [2.05, 4.69) is 20.5 Å². The van der Waals surface area contributed by atoms with Crippen molar-refractivity contribution in [1.29, 1.82) is 0 Å². The highest BCUT2D eigenvalue weighted by Gasteiger charge is 2.19. The van der Waals surface area contributed by atoms with E-state index >= 15 is 0 Å². The van der Waals surface area contributed by atoms with Gasteiger partial charge in [0, 0.05) is 41.7 Å². The molecule has 39 heavy (non-hydrogen) atoms. The molecular formula is C31H28N6O2. The predicted octanol–water partition coefficient (Wildman–Crippen LogP) is 6.09. The Morgan fingerprint density at radius 2 is 1.77 bits per heavy atom. The van der Waals surface area contributed by atoms with Crippen molar-refractivity contribution in [3.63, 3.8) is 0 Å². The van der Waals surface area contributed by atoms with E-state index in [9.17, 15) is 4.79 Å². The van der Waals surface area contributed by atoms with E-state index in [4.69, 9.17) is 9.72 Å². The van der Waals surface area contributed by atoms with Crippen molar-refractivity contribution in [1.82, 2.24) is 25.1 Å². The summed E-state index contributed by atoms with van der Waals surface area (Å²) in [5.74, 6) is 1.31. The van der Waals surface area contributed by atoms with E-state index in [0.717, 1.165) is 65.4 Å². The Bertz CT molecular complexity index is 1560. The van der Waals surface area contributed by atoms with Crippen molar-refractivity contribution in [2.45, 2.75) is 19.4 Å². The number of hydrogen-bond donors (Lipinski definition) is 2. The number of anilines is 2. The molecule has 8 heteroatoms. The molecule has 6 rings (SSSR count). The summed E-state index contributed by atoms with van der Waals surface area (Å²) in [6, 6.07) is 27.3. The average molecular weight is 517 g/mol. The number of carbonyl (C=O) groups excluding carboxylic acids is 1. The third kappa shape index (κ3) is 5.65. The first-order valence-corrected chi connectivity index (χ1v) is 13.0. The number of H-pyrrole nitrogens is 1. The van der Waals surface area contributed by atoms with Crippen molar-refractivity contribution in [2.24, 2.45) is 0 Å². The van der Waals surface area contributed by atoms with E-state index in [1.165, 1.54) is 0 Å². The Morgan fingerprint density at radius 3 is 2.59 bits per heavy atom. The number of hydrogen-bond acceptors (Lipinski definition) is 6. The number of aromatic nitrogens is 4. The molecule has 3 aromatic carbocycles. The van der Waals surface area contributed by atoms with Gasteiger partial charge in [0.2, 0.25) is 5.95 Å². The van der Waals surface area contributed by atoms with Gasteiger partial charge in [-0.2, -0.15) is 5.10 Å². The molecular weight excluding hydrogens is 488 g/mol. The monoisotopic (exact) mass is 516 g/mol. The highest BCUT2D eigenvalue weighted by Crippen LogP contribution is 2.31. The minimum Gasteiger partial charge on any atom is -0.489 e. The van der Waals surface area contributed by atoms with E-state index in [-0.39, 0.29) is 5.91 Å². The van der Waals surface area contributed by atoms with Gasteiger partial charge in [0.1, 0.15) is 12.4 Å². The second-order valence-corrected chi connectivity index (χ2v) is 9.43. The lowest BCUT2D eigenvalue weighted by atomic mass is 10.1. The molecule has 0 spiro atoms. The summed E-state index contributed by atoms with van der Waals surface area (Å²) in [7, 11) is 0. The number of ether oxygens (including phenoxy) is 1. The van der Waals surface area contributed by atoms with Gasteiger partial charge in [-0.25, -0.2) is 9.97 Å². The van der Waals surface area contributed by atoms with E-state index in [0.29, 0.717) is 18.1 Å². The van der Waals surface area contributed by atoms with E-state index in [1.54, 1.807) is 12.4 Å². The zero-order valence-corrected chi connectivity index (χ0v) is 21.4. The van der Waals surface area contributed by atoms with Crippen molar-refractivity contribution < 1.29 is 9.53 Å². The molecule has 194 valence electrons. The Hall–Kier alpha value is -4.98. The van der Waals surface area contributed by atoms with Gasteiger partial charge in [0.15, 0.2) is 0 Å². The lowest BCUT2D eigenvalue weighted by molar-refractivity contribution is 0.0793. The van der Waals surface area contributed by atoms with Crippen LogP contribution in [0, 0.1) is 0 Å². The van der Waals surface area contributed by atoms with Gasteiger partial charge in [-0.1, -0.05) is 42.5 Å². The van der Waals surface area contributed by atoms with Crippen molar-refractivity contribution in [3.05, 3.63) is 108 Å².